The lowest BCUT2D eigenvalue weighted by molar-refractivity contribution is -0.161. The fourth-order valence-corrected chi connectivity index (χ4v) is 9.05. The normalized spacial score (nSPS) is 13.1. The molecule has 0 aromatic rings. The fourth-order valence-electron chi connectivity index (χ4n) is 8.28. The molecule has 9 nitrogen and oxygen atoms in total. The predicted octanol–water partition coefficient (Wildman–Crippen LogP) is 16.9. The fraction of sp³-hybridized carbons (Fsp3) is 0.926. The number of unbranched alkanes of at least 4 members (excludes halogenated alkanes) is 38. The van der Waals surface area contributed by atoms with Gasteiger partial charge in [-0.15, -0.1) is 0 Å². The standard InChI is InChI=1S/C54H106NO8P/c1-3-5-7-9-11-13-15-17-19-20-21-22-23-24-25-26-27-28-29-30-31-33-34-36-38-40-42-44-46-53(56)60-50-52(51-62-64(58,59)61-49-48-55)63-54(57)47-45-43-41-39-37-35-32-18-16-14-12-10-8-6-4-2/h18,32,52H,3-17,19-31,33-51,55H2,1-2H3,(H,58,59)/b32-18-. The Morgan fingerprint density at radius 3 is 1.11 bits per heavy atom. The molecule has 64 heavy (non-hydrogen) atoms. The second-order valence-electron chi connectivity index (χ2n) is 18.8. The molecule has 2 unspecified atom stereocenters. The summed E-state index contributed by atoms with van der Waals surface area (Å²) in [5.74, 6) is -0.821. The number of nitrogens with two attached hydrogens (primary N) is 1. The molecule has 0 aliphatic carbocycles. The first kappa shape index (κ1) is 62.8. The van der Waals surface area contributed by atoms with E-state index in [-0.39, 0.29) is 38.6 Å². The molecule has 10 heteroatoms. The molecule has 0 aliphatic rings. The summed E-state index contributed by atoms with van der Waals surface area (Å²) < 4.78 is 32.9. The van der Waals surface area contributed by atoms with Crippen LogP contribution in [0.3, 0.4) is 0 Å². The zero-order valence-corrected chi connectivity index (χ0v) is 43.2. The molecular formula is C54H106NO8P. The highest BCUT2D eigenvalue weighted by molar-refractivity contribution is 7.47. The maximum absolute atomic E-state index is 12.6. The molecule has 0 bridgehead atoms. The molecule has 0 rings (SSSR count). The van der Waals surface area contributed by atoms with E-state index in [4.69, 9.17) is 24.3 Å². The molecule has 0 amide bonds. The molecule has 0 saturated carbocycles. The van der Waals surface area contributed by atoms with Gasteiger partial charge in [-0.3, -0.25) is 18.6 Å². The average Bonchev–Trinajstić information content (AvgIpc) is 3.28. The van der Waals surface area contributed by atoms with Crippen molar-refractivity contribution in [2.24, 2.45) is 5.73 Å². The number of carbonyl (C=O) groups is 2. The summed E-state index contributed by atoms with van der Waals surface area (Å²) in [4.78, 5) is 35.1. The van der Waals surface area contributed by atoms with E-state index in [1.807, 2.05) is 0 Å². The number of carbonyl (C=O) groups excluding carboxylic acids is 2. The summed E-state index contributed by atoms with van der Waals surface area (Å²) >= 11 is 0. The van der Waals surface area contributed by atoms with Crippen LogP contribution in [-0.2, 0) is 32.7 Å². The van der Waals surface area contributed by atoms with Crippen LogP contribution in [0.4, 0.5) is 0 Å². The monoisotopic (exact) mass is 928 g/mol. The average molecular weight is 928 g/mol. The van der Waals surface area contributed by atoms with Crippen LogP contribution in [0.2, 0.25) is 0 Å². The van der Waals surface area contributed by atoms with Crippen molar-refractivity contribution < 1.29 is 37.6 Å². The number of allylic oxidation sites excluding steroid dienone is 2. The van der Waals surface area contributed by atoms with Crippen LogP contribution >= 0.6 is 7.82 Å². The third kappa shape index (κ3) is 50.2. The van der Waals surface area contributed by atoms with E-state index in [9.17, 15) is 19.0 Å². The highest BCUT2D eigenvalue weighted by Crippen LogP contribution is 2.43. The van der Waals surface area contributed by atoms with E-state index < -0.39 is 26.5 Å². The lowest BCUT2D eigenvalue weighted by atomic mass is 10.0. The van der Waals surface area contributed by atoms with Crippen LogP contribution in [0.1, 0.15) is 290 Å². The quantitative estimate of drug-likeness (QED) is 0.0265. The molecular weight excluding hydrogens is 822 g/mol. The van der Waals surface area contributed by atoms with Gasteiger partial charge in [-0.05, 0) is 38.5 Å². The van der Waals surface area contributed by atoms with Gasteiger partial charge in [0.2, 0.25) is 0 Å². The number of rotatable bonds is 53. The Morgan fingerprint density at radius 1 is 0.453 bits per heavy atom. The highest BCUT2D eigenvalue weighted by Gasteiger charge is 2.26. The molecule has 0 fully saturated rings. The van der Waals surface area contributed by atoms with Gasteiger partial charge in [-0.25, -0.2) is 4.57 Å². The van der Waals surface area contributed by atoms with Gasteiger partial charge in [0.1, 0.15) is 6.61 Å². The molecule has 0 aromatic carbocycles. The zero-order chi connectivity index (χ0) is 46.7. The van der Waals surface area contributed by atoms with Crippen molar-refractivity contribution in [1.29, 1.82) is 0 Å². The number of phosphoric ester groups is 1. The van der Waals surface area contributed by atoms with Gasteiger partial charge in [-0.2, -0.15) is 0 Å². The van der Waals surface area contributed by atoms with Gasteiger partial charge in [0, 0.05) is 19.4 Å². The van der Waals surface area contributed by atoms with Crippen LogP contribution in [0, 0.1) is 0 Å². The van der Waals surface area contributed by atoms with Crippen LogP contribution in [-0.4, -0.2) is 49.3 Å². The molecule has 2 atom stereocenters. The minimum Gasteiger partial charge on any atom is -0.462 e. The number of hydrogen-bond acceptors (Lipinski definition) is 8. The molecule has 0 aliphatic heterocycles. The van der Waals surface area contributed by atoms with E-state index in [0.29, 0.717) is 6.42 Å². The van der Waals surface area contributed by atoms with Gasteiger partial charge < -0.3 is 20.1 Å². The van der Waals surface area contributed by atoms with Crippen molar-refractivity contribution in [2.45, 2.75) is 296 Å². The maximum Gasteiger partial charge on any atom is 0.472 e. The Labute approximate surface area is 396 Å². The number of phosphoric acid groups is 1. The summed E-state index contributed by atoms with van der Waals surface area (Å²) in [6.07, 6.45) is 57.0. The van der Waals surface area contributed by atoms with Gasteiger partial charge in [0.25, 0.3) is 0 Å². The molecule has 0 heterocycles. The maximum atomic E-state index is 12.6. The number of hydrogen-bond donors (Lipinski definition) is 2. The van der Waals surface area contributed by atoms with Crippen molar-refractivity contribution in [3.8, 4) is 0 Å². The molecule has 0 aromatic heterocycles. The Balaban J connectivity index is 3.88. The van der Waals surface area contributed by atoms with E-state index in [1.54, 1.807) is 0 Å². The molecule has 0 spiro atoms. The Hall–Kier alpha value is -1.25. The zero-order valence-electron chi connectivity index (χ0n) is 42.3. The Kier molecular flexibility index (Phi) is 50.1. The second kappa shape index (κ2) is 51.1. The SMILES string of the molecule is CCCCCCCC/C=C\CCCCCCCC(=O)OC(COC(=O)CCCCCCCCCCCCCCCCCCCCCCCCCCCCCC)COP(=O)(O)OCCN. The van der Waals surface area contributed by atoms with Crippen molar-refractivity contribution >= 4 is 19.8 Å². The Bertz CT molecular complexity index is 1060. The van der Waals surface area contributed by atoms with E-state index >= 15 is 0 Å². The minimum atomic E-state index is -4.38. The lowest BCUT2D eigenvalue weighted by Gasteiger charge is -2.19. The van der Waals surface area contributed by atoms with E-state index in [1.165, 1.54) is 205 Å². The predicted molar refractivity (Wildman–Crippen MR) is 271 cm³/mol. The summed E-state index contributed by atoms with van der Waals surface area (Å²) in [5.41, 5.74) is 5.37. The molecule has 0 saturated heterocycles. The smallest absolute Gasteiger partial charge is 0.462 e. The van der Waals surface area contributed by atoms with Crippen LogP contribution in [0.25, 0.3) is 0 Å². The molecule has 0 radical (unpaired) electrons. The minimum absolute atomic E-state index is 0.0551. The number of esters is 2. The summed E-state index contributed by atoms with van der Waals surface area (Å²) in [6, 6.07) is 0. The van der Waals surface area contributed by atoms with Gasteiger partial charge >= 0.3 is 19.8 Å². The van der Waals surface area contributed by atoms with Crippen LogP contribution < -0.4 is 5.73 Å². The third-order valence-electron chi connectivity index (χ3n) is 12.4. The van der Waals surface area contributed by atoms with Crippen LogP contribution in [0.5, 0.6) is 0 Å². The third-order valence-corrected chi connectivity index (χ3v) is 13.4. The van der Waals surface area contributed by atoms with Crippen molar-refractivity contribution in [1.82, 2.24) is 0 Å². The highest BCUT2D eigenvalue weighted by atomic mass is 31.2. The topological polar surface area (TPSA) is 134 Å². The van der Waals surface area contributed by atoms with Crippen molar-refractivity contribution in [2.75, 3.05) is 26.4 Å². The Morgan fingerprint density at radius 2 is 0.766 bits per heavy atom. The second-order valence-corrected chi connectivity index (χ2v) is 20.3. The van der Waals surface area contributed by atoms with E-state index in [0.717, 1.165) is 51.4 Å². The van der Waals surface area contributed by atoms with Crippen molar-refractivity contribution in [3.05, 3.63) is 12.2 Å². The molecule has 380 valence electrons. The first-order valence-electron chi connectivity index (χ1n) is 27.7. The van der Waals surface area contributed by atoms with Crippen molar-refractivity contribution in [3.63, 3.8) is 0 Å². The van der Waals surface area contributed by atoms with Crippen LogP contribution in [0.15, 0.2) is 12.2 Å². The number of ether oxygens (including phenoxy) is 2. The largest absolute Gasteiger partial charge is 0.472 e. The summed E-state index contributed by atoms with van der Waals surface area (Å²) in [7, 11) is -4.38. The first-order valence-corrected chi connectivity index (χ1v) is 29.2. The first-order chi connectivity index (χ1) is 31.3. The molecule has 3 N–H and O–H groups in total. The van der Waals surface area contributed by atoms with E-state index in [2.05, 4.69) is 26.0 Å². The van der Waals surface area contributed by atoms with Gasteiger partial charge in [0.15, 0.2) is 6.10 Å². The lowest BCUT2D eigenvalue weighted by Crippen LogP contribution is -2.29. The van der Waals surface area contributed by atoms with Gasteiger partial charge in [-0.1, -0.05) is 251 Å². The summed E-state index contributed by atoms with van der Waals surface area (Å²) in [6.45, 7) is 3.78. The summed E-state index contributed by atoms with van der Waals surface area (Å²) in [5, 5.41) is 0. The van der Waals surface area contributed by atoms with Gasteiger partial charge in [0.05, 0.1) is 13.2 Å².